The molecular formula is C46H28N2OS. The van der Waals surface area contributed by atoms with E-state index in [9.17, 15) is 0 Å². The lowest BCUT2D eigenvalue weighted by Crippen LogP contribution is -1.93. The van der Waals surface area contributed by atoms with E-state index in [0.29, 0.717) is 0 Å². The molecule has 0 N–H and O–H groups in total. The molecule has 0 radical (unpaired) electrons. The maximum absolute atomic E-state index is 6.69. The van der Waals surface area contributed by atoms with Crippen molar-refractivity contribution >= 4 is 75.5 Å². The predicted octanol–water partition coefficient (Wildman–Crippen LogP) is 13.2. The van der Waals surface area contributed by atoms with E-state index in [0.717, 1.165) is 44.2 Å². The first-order chi connectivity index (χ1) is 24.8. The summed E-state index contributed by atoms with van der Waals surface area (Å²) >= 11 is 1.90. The predicted molar refractivity (Wildman–Crippen MR) is 211 cm³/mol. The van der Waals surface area contributed by atoms with E-state index < -0.39 is 0 Å². The summed E-state index contributed by atoms with van der Waals surface area (Å²) in [5.41, 5.74) is 13.7. The van der Waals surface area contributed by atoms with Gasteiger partial charge in [-0.3, -0.25) is 0 Å². The number of fused-ring (bicyclic) bond motifs is 10. The van der Waals surface area contributed by atoms with E-state index in [-0.39, 0.29) is 0 Å². The Balaban J connectivity index is 1.07. The number of rotatable bonds is 4. The van der Waals surface area contributed by atoms with Crippen molar-refractivity contribution in [1.29, 1.82) is 0 Å². The van der Waals surface area contributed by atoms with Crippen LogP contribution in [0.25, 0.3) is 97.8 Å². The molecule has 0 spiro atoms. The van der Waals surface area contributed by atoms with Crippen LogP contribution in [0, 0.1) is 0 Å². The minimum atomic E-state index is 0.893. The number of thiophene rings is 1. The standard InChI is InChI=1S/C46H28N2OS/c1-3-15-32(16-4-1)47-39-23-9-7-19-35(39)44-42(47)37-26-25-30(28-41(37)49-44)29-13-11-14-31(27-29)34-21-12-22-38-43-46(50-45(34)38)36-20-8-10-24-40(36)48(43)33-17-5-2-6-18-33/h1-28H. The fourth-order valence-corrected chi connectivity index (χ4v) is 9.28. The van der Waals surface area contributed by atoms with E-state index in [2.05, 4.69) is 179 Å². The molecule has 0 saturated carbocycles. The number of hydrogen-bond donors (Lipinski definition) is 0. The smallest absolute Gasteiger partial charge is 0.161 e. The summed E-state index contributed by atoms with van der Waals surface area (Å²) in [5.74, 6) is 0. The van der Waals surface area contributed by atoms with Crippen LogP contribution >= 0.6 is 11.3 Å². The molecule has 3 nitrogen and oxygen atoms in total. The maximum atomic E-state index is 6.69. The number of hydrogen-bond acceptors (Lipinski definition) is 2. The molecule has 234 valence electrons. The van der Waals surface area contributed by atoms with Crippen molar-refractivity contribution in [2.45, 2.75) is 0 Å². The van der Waals surface area contributed by atoms with Gasteiger partial charge >= 0.3 is 0 Å². The van der Waals surface area contributed by atoms with Gasteiger partial charge in [-0.25, -0.2) is 0 Å². The number of para-hydroxylation sites is 4. The zero-order valence-electron chi connectivity index (χ0n) is 26.9. The second-order valence-corrected chi connectivity index (χ2v) is 13.9. The van der Waals surface area contributed by atoms with E-state index in [4.69, 9.17) is 4.42 Å². The molecule has 11 aromatic rings. The Morgan fingerprint density at radius 1 is 0.400 bits per heavy atom. The molecule has 50 heavy (non-hydrogen) atoms. The molecule has 0 atom stereocenters. The summed E-state index contributed by atoms with van der Waals surface area (Å²) in [7, 11) is 0. The zero-order valence-corrected chi connectivity index (χ0v) is 27.7. The average Bonchev–Trinajstić information content (AvgIpc) is 3.92. The zero-order chi connectivity index (χ0) is 32.8. The van der Waals surface area contributed by atoms with Crippen LogP contribution in [-0.4, -0.2) is 9.13 Å². The third kappa shape index (κ3) is 3.91. The quantitative estimate of drug-likeness (QED) is 0.185. The molecule has 0 aliphatic carbocycles. The van der Waals surface area contributed by atoms with Gasteiger partial charge in [-0.2, -0.15) is 0 Å². The van der Waals surface area contributed by atoms with Crippen LogP contribution in [0.3, 0.4) is 0 Å². The Labute approximate surface area is 291 Å². The molecule has 0 aliphatic heterocycles. The number of nitrogens with zero attached hydrogens (tertiary/aromatic N) is 2. The topological polar surface area (TPSA) is 23.0 Å². The molecule has 4 aromatic heterocycles. The Morgan fingerprint density at radius 3 is 1.78 bits per heavy atom. The van der Waals surface area contributed by atoms with Gasteiger partial charge in [0.05, 0.1) is 21.3 Å². The summed E-state index contributed by atoms with van der Waals surface area (Å²) in [5, 5.41) is 4.80. The van der Waals surface area contributed by atoms with Gasteiger partial charge < -0.3 is 13.6 Å². The largest absolute Gasteiger partial charge is 0.454 e. The van der Waals surface area contributed by atoms with Gasteiger partial charge in [0.15, 0.2) is 5.58 Å². The first-order valence-electron chi connectivity index (χ1n) is 16.9. The molecule has 0 bridgehead atoms. The lowest BCUT2D eigenvalue weighted by Gasteiger charge is -2.10. The molecule has 0 unspecified atom stereocenters. The van der Waals surface area contributed by atoms with Crippen LogP contribution in [0.15, 0.2) is 174 Å². The van der Waals surface area contributed by atoms with Crippen molar-refractivity contribution in [3.8, 4) is 33.6 Å². The number of benzene rings is 7. The van der Waals surface area contributed by atoms with E-state index in [1.807, 2.05) is 11.3 Å². The van der Waals surface area contributed by atoms with Gasteiger partial charge in [0.25, 0.3) is 0 Å². The summed E-state index contributed by atoms with van der Waals surface area (Å²) in [6.45, 7) is 0. The van der Waals surface area contributed by atoms with Gasteiger partial charge in [0, 0.05) is 37.6 Å². The molecule has 11 rings (SSSR count). The second kappa shape index (κ2) is 10.6. The fraction of sp³-hybridized carbons (Fsp3) is 0. The SMILES string of the molecule is c1ccc(-n2c3ccccc3c3oc4cc(-c5cccc(-c6cccc7c6sc6c8ccccc8n(-c8ccccc8)c76)c5)ccc4c32)cc1. The minimum absolute atomic E-state index is 0.893. The molecule has 4 heteroatoms. The lowest BCUT2D eigenvalue weighted by atomic mass is 9.98. The Bertz CT molecular complexity index is 3090. The summed E-state index contributed by atoms with van der Waals surface area (Å²) in [6, 6.07) is 60.9. The van der Waals surface area contributed by atoms with E-state index in [1.165, 1.54) is 53.6 Å². The van der Waals surface area contributed by atoms with E-state index in [1.54, 1.807) is 0 Å². The molecule has 0 amide bonds. The highest BCUT2D eigenvalue weighted by Gasteiger charge is 2.21. The van der Waals surface area contributed by atoms with Crippen molar-refractivity contribution in [2.24, 2.45) is 0 Å². The minimum Gasteiger partial charge on any atom is -0.454 e. The second-order valence-electron chi connectivity index (χ2n) is 12.9. The van der Waals surface area contributed by atoms with Crippen molar-refractivity contribution < 1.29 is 4.42 Å². The third-order valence-corrected chi connectivity index (χ3v) is 11.4. The highest BCUT2D eigenvalue weighted by Crippen LogP contribution is 2.46. The van der Waals surface area contributed by atoms with Crippen molar-refractivity contribution in [2.75, 3.05) is 0 Å². The molecule has 0 aliphatic rings. The maximum Gasteiger partial charge on any atom is 0.161 e. The molecule has 0 fully saturated rings. The highest BCUT2D eigenvalue weighted by atomic mass is 32.1. The van der Waals surface area contributed by atoms with Crippen LogP contribution in [0.5, 0.6) is 0 Å². The van der Waals surface area contributed by atoms with Crippen molar-refractivity contribution in [1.82, 2.24) is 9.13 Å². The van der Waals surface area contributed by atoms with Crippen molar-refractivity contribution in [3.05, 3.63) is 170 Å². The number of furan rings is 1. The summed E-state index contributed by atoms with van der Waals surface area (Å²) in [4.78, 5) is 0. The van der Waals surface area contributed by atoms with Crippen LogP contribution in [0.4, 0.5) is 0 Å². The van der Waals surface area contributed by atoms with Gasteiger partial charge in [0.2, 0.25) is 0 Å². The lowest BCUT2D eigenvalue weighted by molar-refractivity contribution is 0.673. The molecule has 7 aromatic carbocycles. The Kier molecular flexibility index (Phi) is 5.83. The van der Waals surface area contributed by atoms with Gasteiger partial charge in [-0.05, 0) is 82.9 Å². The average molecular weight is 657 g/mol. The third-order valence-electron chi connectivity index (χ3n) is 10.1. The first kappa shape index (κ1) is 27.6. The number of aromatic nitrogens is 2. The molecule has 4 heterocycles. The molecule has 0 saturated heterocycles. The first-order valence-corrected chi connectivity index (χ1v) is 17.8. The summed E-state index contributed by atoms with van der Waals surface area (Å²) < 4.78 is 14.1. The highest BCUT2D eigenvalue weighted by molar-refractivity contribution is 7.27. The normalized spacial score (nSPS) is 12.0. The molecular weight excluding hydrogens is 629 g/mol. The van der Waals surface area contributed by atoms with Gasteiger partial charge in [-0.15, -0.1) is 11.3 Å². The van der Waals surface area contributed by atoms with Gasteiger partial charge in [-0.1, -0.05) is 109 Å². The Morgan fingerprint density at radius 2 is 1.00 bits per heavy atom. The van der Waals surface area contributed by atoms with Crippen LogP contribution < -0.4 is 0 Å². The Hall–Kier alpha value is -6.36. The van der Waals surface area contributed by atoms with Gasteiger partial charge in [0.1, 0.15) is 11.1 Å². The summed E-state index contributed by atoms with van der Waals surface area (Å²) in [6.07, 6.45) is 0. The van der Waals surface area contributed by atoms with Crippen LogP contribution in [0.2, 0.25) is 0 Å². The monoisotopic (exact) mass is 656 g/mol. The van der Waals surface area contributed by atoms with Crippen molar-refractivity contribution in [3.63, 3.8) is 0 Å². The van der Waals surface area contributed by atoms with E-state index >= 15 is 0 Å². The fourth-order valence-electron chi connectivity index (χ4n) is 7.92. The van der Waals surface area contributed by atoms with Crippen LogP contribution in [0.1, 0.15) is 0 Å². The van der Waals surface area contributed by atoms with Crippen LogP contribution in [-0.2, 0) is 0 Å².